The van der Waals surface area contributed by atoms with Gasteiger partial charge in [0, 0.05) is 13.0 Å². The Morgan fingerprint density at radius 1 is 0.811 bits per heavy atom. The summed E-state index contributed by atoms with van der Waals surface area (Å²) in [7, 11) is 0. The number of guanidine groups is 1. The van der Waals surface area contributed by atoms with Crippen molar-refractivity contribution in [3.05, 3.63) is 0 Å². The highest BCUT2D eigenvalue weighted by Crippen LogP contribution is 2.07. The predicted molar refractivity (Wildman–Crippen MR) is 126 cm³/mol. The van der Waals surface area contributed by atoms with E-state index in [2.05, 4.69) is 21.3 Å². The summed E-state index contributed by atoms with van der Waals surface area (Å²) in [5.74, 6) is -8.51. The van der Waals surface area contributed by atoms with E-state index < -0.39 is 78.3 Å². The molecule has 0 saturated heterocycles. The first-order valence-corrected chi connectivity index (χ1v) is 11.3. The fraction of sp³-hybridized carbons (Fsp3) is 0.619. The van der Waals surface area contributed by atoms with E-state index in [1.807, 2.05) is 0 Å². The van der Waals surface area contributed by atoms with Crippen molar-refractivity contribution in [2.45, 2.75) is 70.5 Å². The van der Waals surface area contributed by atoms with Gasteiger partial charge in [-0.3, -0.25) is 39.0 Å². The molecule has 0 aliphatic carbocycles. The summed E-state index contributed by atoms with van der Waals surface area (Å²) in [5.41, 5.74) is 5.19. The lowest BCUT2D eigenvalue weighted by Crippen LogP contribution is -2.56. The van der Waals surface area contributed by atoms with Gasteiger partial charge in [0.25, 0.3) is 0 Å². The molecular formula is C21H34N6O10. The molecule has 10 N–H and O–H groups in total. The molecule has 0 aromatic heterocycles. The van der Waals surface area contributed by atoms with E-state index in [0.29, 0.717) is 0 Å². The van der Waals surface area contributed by atoms with Crippen molar-refractivity contribution in [2.75, 3.05) is 6.54 Å². The molecule has 0 fully saturated rings. The van der Waals surface area contributed by atoms with Crippen molar-refractivity contribution < 1.29 is 48.9 Å². The Balaban J connectivity index is 5.56. The summed E-state index contributed by atoms with van der Waals surface area (Å²) in [4.78, 5) is 82.7. The third-order valence-corrected chi connectivity index (χ3v) is 5.06. The summed E-state index contributed by atoms with van der Waals surface area (Å²) in [6.07, 6.45) is -1.83. The minimum absolute atomic E-state index is 0.0627. The predicted octanol–water partition coefficient (Wildman–Crippen LogP) is -2.26. The van der Waals surface area contributed by atoms with Gasteiger partial charge in [-0.25, -0.2) is 0 Å². The summed E-state index contributed by atoms with van der Waals surface area (Å²) in [6.45, 7) is 2.57. The van der Waals surface area contributed by atoms with Crippen molar-refractivity contribution >= 4 is 47.4 Å². The van der Waals surface area contributed by atoms with Gasteiger partial charge in [0.05, 0.1) is 24.8 Å². The minimum Gasteiger partial charge on any atom is -0.481 e. The molecule has 208 valence electrons. The van der Waals surface area contributed by atoms with Gasteiger partial charge < -0.3 is 42.3 Å². The molecule has 0 saturated carbocycles. The lowest BCUT2D eigenvalue weighted by atomic mass is 10.0. The Morgan fingerprint density at radius 2 is 1.32 bits per heavy atom. The van der Waals surface area contributed by atoms with Gasteiger partial charge in [-0.1, -0.05) is 6.92 Å². The van der Waals surface area contributed by atoms with E-state index in [1.54, 1.807) is 0 Å². The van der Waals surface area contributed by atoms with Gasteiger partial charge in [-0.05, 0) is 26.2 Å². The molecule has 16 heteroatoms. The molecule has 0 aliphatic heterocycles. The van der Waals surface area contributed by atoms with Gasteiger partial charge in [0.2, 0.25) is 17.7 Å². The standard InChI is InChI=1S/C21H34N6O10/c1-10(20(36)37)5-6-15(29)25-14(9-17(32)33)19(35)26-12(4-3-7-24-21(22)23)18(34)27-13(11(2)28)8-16(30)31/h10,12-14H,3-9H2,1-2H3,(H,25,29)(H,26,35)(H,27,34)(H,30,31)(H,32,33)(H,36,37)(H4,22,23,24)/t10-,12-,13-,14-/m0/s1. The molecule has 0 radical (unpaired) electrons. The zero-order chi connectivity index (χ0) is 28.7. The number of Topliss-reactive ketones (excluding diaryl/α,β-unsaturated/α-hetero) is 1. The summed E-state index contributed by atoms with van der Waals surface area (Å²) in [5, 5.41) is 43.4. The van der Waals surface area contributed by atoms with Gasteiger partial charge >= 0.3 is 17.9 Å². The van der Waals surface area contributed by atoms with Crippen molar-refractivity contribution in [3.63, 3.8) is 0 Å². The second kappa shape index (κ2) is 16.4. The van der Waals surface area contributed by atoms with Crippen molar-refractivity contribution in [1.29, 1.82) is 5.41 Å². The van der Waals surface area contributed by atoms with Crippen molar-refractivity contribution in [3.8, 4) is 0 Å². The Labute approximate surface area is 212 Å². The third-order valence-electron chi connectivity index (χ3n) is 5.06. The van der Waals surface area contributed by atoms with Crippen LogP contribution in [0.3, 0.4) is 0 Å². The number of carboxylic acid groups (broad SMARTS) is 3. The number of carboxylic acids is 3. The monoisotopic (exact) mass is 530 g/mol. The quantitative estimate of drug-likeness (QED) is 0.0516. The molecule has 16 nitrogen and oxygen atoms in total. The molecule has 37 heavy (non-hydrogen) atoms. The Hall–Kier alpha value is -4.24. The molecule has 0 unspecified atom stereocenters. The number of carbonyl (C=O) groups excluding carboxylic acids is 4. The molecule has 0 aliphatic rings. The van der Waals surface area contributed by atoms with Crippen molar-refractivity contribution in [1.82, 2.24) is 21.3 Å². The molecule has 0 aromatic carbocycles. The van der Waals surface area contributed by atoms with Crippen LogP contribution in [0.15, 0.2) is 0 Å². The zero-order valence-electron chi connectivity index (χ0n) is 20.5. The Kier molecular flexibility index (Phi) is 14.6. The number of rotatable bonds is 18. The first-order chi connectivity index (χ1) is 17.1. The molecule has 3 amide bonds. The summed E-state index contributed by atoms with van der Waals surface area (Å²) in [6, 6.07) is -4.36. The van der Waals surface area contributed by atoms with Crippen LogP contribution in [0.5, 0.6) is 0 Å². The molecular weight excluding hydrogens is 496 g/mol. The fourth-order valence-electron chi connectivity index (χ4n) is 2.94. The van der Waals surface area contributed by atoms with E-state index in [1.165, 1.54) is 6.92 Å². The summed E-state index contributed by atoms with van der Waals surface area (Å²) >= 11 is 0. The van der Waals surface area contributed by atoms with E-state index in [0.717, 1.165) is 6.92 Å². The Bertz CT molecular complexity index is 893. The van der Waals surface area contributed by atoms with Crippen LogP contribution < -0.4 is 27.0 Å². The van der Waals surface area contributed by atoms with Gasteiger partial charge in [0.1, 0.15) is 12.1 Å². The molecule has 4 atom stereocenters. The van der Waals surface area contributed by atoms with Gasteiger partial charge in [0.15, 0.2) is 11.7 Å². The highest BCUT2D eigenvalue weighted by atomic mass is 16.4. The molecule has 0 aromatic rings. The topological polar surface area (TPSA) is 278 Å². The van der Waals surface area contributed by atoms with Crippen LogP contribution in [-0.4, -0.2) is 87.4 Å². The largest absolute Gasteiger partial charge is 0.481 e. The normalized spacial score (nSPS) is 13.7. The molecule has 0 bridgehead atoms. The lowest BCUT2D eigenvalue weighted by molar-refractivity contribution is -0.141. The SMILES string of the molecule is CC(=O)[C@H](CC(=O)O)NC(=O)[C@H](CCCNC(=N)N)NC(=O)[C@H](CC(=O)O)NC(=O)CC[C@H](C)C(=O)O. The average molecular weight is 531 g/mol. The minimum atomic E-state index is -1.61. The number of nitrogens with one attached hydrogen (secondary N) is 5. The van der Waals surface area contributed by atoms with E-state index >= 15 is 0 Å². The molecule has 0 rings (SSSR count). The fourth-order valence-corrected chi connectivity index (χ4v) is 2.94. The maximum Gasteiger partial charge on any atom is 0.306 e. The lowest BCUT2D eigenvalue weighted by Gasteiger charge is -2.24. The van der Waals surface area contributed by atoms with Gasteiger partial charge in [-0.2, -0.15) is 0 Å². The Morgan fingerprint density at radius 3 is 1.81 bits per heavy atom. The van der Waals surface area contributed by atoms with Crippen molar-refractivity contribution in [2.24, 2.45) is 11.7 Å². The first-order valence-electron chi connectivity index (χ1n) is 11.3. The second-order valence-electron chi connectivity index (χ2n) is 8.31. The van der Waals surface area contributed by atoms with Crippen LogP contribution >= 0.6 is 0 Å². The number of nitrogens with two attached hydrogens (primary N) is 1. The van der Waals surface area contributed by atoms with Crippen LogP contribution in [0.2, 0.25) is 0 Å². The second-order valence-corrected chi connectivity index (χ2v) is 8.31. The first kappa shape index (κ1) is 32.8. The number of carbonyl (C=O) groups is 7. The highest BCUT2D eigenvalue weighted by molar-refractivity contribution is 5.96. The zero-order valence-corrected chi connectivity index (χ0v) is 20.5. The third kappa shape index (κ3) is 14.7. The molecule has 0 spiro atoms. The maximum absolute atomic E-state index is 12.8. The number of amides is 3. The average Bonchev–Trinajstić information content (AvgIpc) is 2.77. The summed E-state index contributed by atoms with van der Waals surface area (Å²) < 4.78 is 0. The number of hydrogen-bond donors (Lipinski definition) is 9. The molecule has 0 heterocycles. The number of hydrogen-bond acceptors (Lipinski definition) is 8. The van der Waals surface area contributed by atoms with Crippen LogP contribution in [0.25, 0.3) is 0 Å². The number of aliphatic carboxylic acids is 3. The number of ketones is 1. The van der Waals surface area contributed by atoms with E-state index in [4.69, 9.17) is 26.5 Å². The van der Waals surface area contributed by atoms with Crippen LogP contribution in [-0.2, 0) is 33.6 Å². The van der Waals surface area contributed by atoms with Crippen LogP contribution in [0, 0.1) is 11.3 Å². The smallest absolute Gasteiger partial charge is 0.306 e. The van der Waals surface area contributed by atoms with Crippen LogP contribution in [0.1, 0.15) is 52.4 Å². The van der Waals surface area contributed by atoms with Gasteiger partial charge in [-0.15, -0.1) is 0 Å². The highest BCUT2D eigenvalue weighted by Gasteiger charge is 2.30. The van der Waals surface area contributed by atoms with E-state index in [-0.39, 0.29) is 38.2 Å². The van der Waals surface area contributed by atoms with E-state index in [9.17, 15) is 33.6 Å². The van der Waals surface area contributed by atoms with Crippen LogP contribution in [0.4, 0.5) is 0 Å². The maximum atomic E-state index is 12.8.